The molecule has 4 rings (SSSR count). The number of amides is 1. The quantitative estimate of drug-likeness (QED) is 0.378. The SMILES string of the molecule is CC(C)n1nc(C(=O)N/N=C/c2cc3c(cc2[N+](=O)[O-])OCO3)c2ccccc2c1=O. The molecule has 1 aromatic heterocycles. The summed E-state index contributed by atoms with van der Waals surface area (Å²) >= 11 is 0. The zero-order valence-corrected chi connectivity index (χ0v) is 16.6. The van der Waals surface area contributed by atoms with E-state index in [9.17, 15) is 19.7 Å². The second-order valence-corrected chi connectivity index (χ2v) is 6.96. The number of nitro benzene ring substituents is 1. The third-order valence-corrected chi connectivity index (χ3v) is 4.62. The van der Waals surface area contributed by atoms with Crippen LogP contribution in [0, 0.1) is 10.1 Å². The second kappa shape index (κ2) is 7.86. The first-order valence-electron chi connectivity index (χ1n) is 9.30. The van der Waals surface area contributed by atoms with Gasteiger partial charge in [-0.3, -0.25) is 19.7 Å². The first kappa shape index (κ1) is 20.0. The third-order valence-electron chi connectivity index (χ3n) is 4.62. The van der Waals surface area contributed by atoms with Crippen molar-refractivity contribution < 1.29 is 19.2 Å². The Morgan fingerprint density at radius 3 is 2.61 bits per heavy atom. The maximum absolute atomic E-state index is 12.8. The van der Waals surface area contributed by atoms with Crippen molar-refractivity contribution in [1.82, 2.24) is 15.2 Å². The van der Waals surface area contributed by atoms with E-state index in [-0.39, 0.29) is 41.1 Å². The van der Waals surface area contributed by atoms with Crippen molar-refractivity contribution in [3.63, 3.8) is 0 Å². The highest BCUT2D eigenvalue weighted by Crippen LogP contribution is 2.37. The number of ether oxygens (including phenoxy) is 2. The number of fused-ring (bicyclic) bond motifs is 2. The predicted octanol–water partition coefficient (Wildman–Crippen LogP) is 2.38. The zero-order valence-electron chi connectivity index (χ0n) is 16.6. The summed E-state index contributed by atoms with van der Waals surface area (Å²) in [4.78, 5) is 36.1. The van der Waals surface area contributed by atoms with Gasteiger partial charge in [0.15, 0.2) is 17.2 Å². The van der Waals surface area contributed by atoms with Crippen LogP contribution in [0.15, 0.2) is 46.3 Å². The largest absolute Gasteiger partial charge is 0.454 e. The maximum Gasteiger partial charge on any atom is 0.292 e. The molecule has 1 aliphatic rings. The number of hydrogen-bond donors (Lipinski definition) is 1. The van der Waals surface area contributed by atoms with E-state index < -0.39 is 10.8 Å². The van der Waals surface area contributed by atoms with Crippen molar-refractivity contribution in [1.29, 1.82) is 0 Å². The van der Waals surface area contributed by atoms with Crippen molar-refractivity contribution in [2.24, 2.45) is 5.10 Å². The van der Waals surface area contributed by atoms with Crippen LogP contribution in [0.3, 0.4) is 0 Å². The summed E-state index contributed by atoms with van der Waals surface area (Å²) in [5, 5.41) is 20.1. The zero-order chi connectivity index (χ0) is 22.1. The van der Waals surface area contributed by atoms with Crippen LogP contribution < -0.4 is 20.5 Å². The summed E-state index contributed by atoms with van der Waals surface area (Å²) in [6, 6.07) is 9.02. The molecule has 0 spiro atoms. The Bertz CT molecular complexity index is 1300. The molecule has 11 heteroatoms. The molecule has 1 aliphatic heterocycles. The van der Waals surface area contributed by atoms with E-state index in [1.165, 1.54) is 16.8 Å². The van der Waals surface area contributed by atoms with Gasteiger partial charge in [0.2, 0.25) is 6.79 Å². The number of hydrogen-bond acceptors (Lipinski definition) is 8. The number of aromatic nitrogens is 2. The van der Waals surface area contributed by atoms with Crippen molar-refractivity contribution in [3.05, 3.63) is 68.1 Å². The normalized spacial score (nSPS) is 12.6. The van der Waals surface area contributed by atoms with E-state index in [0.717, 1.165) is 6.21 Å². The molecule has 11 nitrogen and oxygen atoms in total. The topological polar surface area (TPSA) is 138 Å². The van der Waals surface area contributed by atoms with Gasteiger partial charge >= 0.3 is 0 Å². The highest BCUT2D eigenvalue weighted by Gasteiger charge is 2.23. The Hall–Kier alpha value is -4.28. The second-order valence-electron chi connectivity index (χ2n) is 6.96. The molecule has 0 saturated carbocycles. The number of hydrazone groups is 1. The van der Waals surface area contributed by atoms with Crippen molar-refractivity contribution in [3.8, 4) is 11.5 Å². The molecule has 0 unspecified atom stereocenters. The number of rotatable bonds is 5. The molecule has 31 heavy (non-hydrogen) atoms. The standard InChI is InChI=1S/C20H17N5O6/c1-11(2)24-20(27)14-6-4-3-5-13(14)18(23-24)19(26)22-21-9-12-7-16-17(31-10-30-16)8-15(12)25(28)29/h3-9,11H,10H2,1-2H3,(H,22,26)/b21-9+. The van der Waals surface area contributed by atoms with Gasteiger partial charge in [-0.1, -0.05) is 18.2 Å². The summed E-state index contributed by atoms with van der Waals surface area (Å²) in [6.07, 6.45) is 1.14. The van der Waals surface area contributed by atoms with E-state index in [1.807, 2.05) is 0 Å². The highest BCUT2D eigenvalue weighted by molar-refractivity contribution is 6.05. The molecule has 0 aliphatic carbocycles. The van der Waals surface area contributed by atoms with Crippen LogP contribution in [0.5, 0.6) is 11.5 Å². The Labute approximate surface area is 175 Å². The highest BCUT2D eigenvalue weighted by atomic mass is 16.7. The number of nitrogens with zero attached hydrogens (tertiary/aromatic N) is 4. The first-order valence-corrected chi connectivity index (χ1v) is 9.30. The van der Waals surface area contributed by atoms with Crippen molar-refractivity contribution in [2.75, 3.05) is 6.79 Å². The molecule has 0 fully saturated rings. The van der Waals surface area contributed by atoms with E-state index in [1.54, 1.807) is 38.1 Å². The van der Waals surface area contributed by atoms with Crippen LogP contribution in [0.2, 0.25) is 0 Å². The third kappa shape index (κ3) is 3.68. The number of benzene rings is 2. The number of carbonyl (C=O) groups is 1. The predicted molar refractivity (Wildman–Crippen MR) is 111 cm³/mol. The molecule has 1 N–H and O–H groups in total. The molecule has 1 amide bonds. The monoisotopic (exact) mass is 423 g/mol. The Morgan fingerprint density at radius 1 is 1.26 bits per heavy atom. The van der Waals surface area contributed by atoms with Crippen LogP contribution in [0.1, 0.15) is 35.9 Å². The summed E-state index contributed by atoms with van der Waals surface area (Å²) < 4.78 is 11.6. The minimum atomic E-state index is -0.662. The van der Waals surface area contributed by atoms with Crippen LogP contribution in [-0.2, 0) is 0 Å². The molecule has 3 aromatic rings. The van der Waals surface area contributed by atoms with Gasteiger partial charge in [0.05, 0.1) is 34.2 Å². The lowest BCUT2D eigenvalue weighted by atomic mass is 10.1. The number of nitrogens with one attached hydrogen (secondary N) is 1. The molecule has 2 heterocycles. The van der Waals surface area contributed by atoms with Gasteiger partial charge in [-0.2, -0.15) is 10.2 Å². The van der Waals surface area contributed by atoms with Crippen molar-refractivity contribution in [2.45, 2.75) is 19.9 Å². The molecule has 2 aromatic carbocycles. The Kier molecular flexibility index (Phi) is 5.07. The van der Waals surface area contributed by atoms with Gasteiger partial charge in [-0.25, -0.2) is 10.1 Å². The Morgan fingerprint density at radius 2 is 1.94 bits per heavy atom. The molecule has 158 valence electrons. The van der Waals surface area contributed by atoms with Gasteiger partial charge < -0.3 is 9.47 Å². The molecule has 0 saturated heterocycles. The van der Waals surface area contributed by atoms with Gasteiger partial charge in [0.25, 0.3) is 17.2 Å². The van der Waals surface area contributed by atoms with Crippen LogP contribution in [0.4, 0.5) is 5.69 Å². The van der Waals surface area contributed by atoms with Gasteiger partial charge in [-0.05, 0) is 26.0 Å². The van der Waals surface area contributed by atoms with E-state index in [2.05, 4.69) is 15.6 Å². The van der Waals surface area contributed by atoms with E-state index >= 15 is 0 Å². The minimum Gasteiger partial charge on any atom is -0.454 e. The fraction of sp³-hybridized carbons (Fsp3) is 0.200. The maximum atomic E-state index is 12.8. The lowest BCUT2D eigenvalue weighted by Gasteiger charge is -2.12. The molecule has 0 atom stereocenters. The molecule has 0 bridgehead atoms. The average molecular weight is 423 g/mol. The van der Waals surface area contributed by atoms with Gasteiger partial charge in [0, 0.05) is 5.39 Å². The van der Waals surface area contributed by atoms with Gasteiger partial charge in [-0.15, -0.1) is 0 Å². The number of carbonyl (C=O) groups excluding carboxylic acids is 1. The minimum absolute atomic E-state index is 0.0150. The van der Waals surface area contributed by atoms with Gasteiger partial charge in [0.1, 0.15) is 0 Å². The lowest BCUT2D eigenvalue weighted by Crippen LogP contribution is -2.30. The average Bonchev–Trinajstić information content (AvgIpc) is 3.20. The van der Waals surface area contributed by atoms with Crippen LogP contribution in [-0.4, -0.2) is 33.6 Å². The summed E-state index contributed by atoms with van der Waals surface area (Å²) in [5.74, 6) is -0.0557. The van der Waals surface area contributed by atoms with Crippen LogP contribution in [0.25, 0.3) is 10.8 Å². The molecular weight excluding hydrogens is 406 g/mol. The summed E-state index contributed by atoms with van der Waals surface area (Å²) in [6.45, 7) is 3.53. The lowest BCUT2D eigenvalue weighted by molar-refractivity contribution is -0.385. The van der Waals surface area contributed by atoms with E-state index in [4.69, 9.17) is 9.47 Å². The Balaban J connectivity index is 1.67. The molecular formula is C20H17N5O6. The van der Waals surface area contributed by atoms with Crippen LogP contribution >= 0.6 is 0 Å². The molecule has 0 radical (unpaired) electrons. The smallest absolute Gasteiger partial charge is 0.292 e. The van der Waals surface area contributed by atoms with E-state index in [0.29, 0.717) is 16.5 Å². The first-order chi connectivity index (χ1) is 14.9. The van der Waals surface area contributed by atoms with Crippen molar-refractivity contribution >= 4 is 28.6 Å². The number of nitro groups is 1. The summed E-state index contributed by atoms with van der Waals surface area (Å²) in [5.41, 5.74) is 1.90. The fourth-order valence-corrected chi connectivity index (χ4v) is 3.15. The fourth-order valence-electron chi connectivity index (χ4n) is 3.15. The summed E-state index contributed by atoms with van der Waals surface area (Å²) in [7, 11) is 0.